The van der Waals surface area contributed by atoms with Crippen LogP contribution in [0.5, 0.6) is 5.75 Å². The standard InChI is InChI=1S/C16H15N3O5/c1-11(24-14-10-6-5-9-13(14)19(22)23)15(20)17-18-16(21)12-7-3-2-4-8-12/h2-11H,1H3,(H,17,20)(H,18,21). The van der Waals surface area contributed by atoms with Crippen LogP contribution in [0.2, 0.25) is 0 Å². The number of nitrogens with one attached hydrogen (secondary N) is 2. The fourth-order valence-electron chi connectivity index (χ4n) is 1.83. The van der Waals surface area contributed by atoms with Crippen molar-refractivity contribution in [3.05, 3.63) is 70.3 Å². The average Bonchev–Trinajstić information content (AvgIpc) is 2.60. The lowest BCUT2D eigenvalue weighted by Gasteiger charge is -2.15. The van der Waals surface area contributed by atoms with Gasteiger partial charge in [0.05, 0.1) is 4.92 Å². The molecule has 0 fully saturated rings. The number of hydrogen-bond acceptors (Lipinski definition) is 5. The number of para-hydroxylation sites is 2. The molecule has 2 rings (SSSR count). The first-order valence-electron chi connectivity index (χ1n) is 7.04. The van der Waals surface area contributed by atoms with Crippen LogP contribution in [0.3, 0.4) is 0 Å². The van der Waals surface area contributed by atoms with Crippen molar-refractivity contribution in [1.29, 1.82) is 0 Å². The minimum absolute atomic E-state index is 0.0282. The van der Waals surface area contributed by atoms with Crippen LogP contribution >= 0.6 is 0 Å². The maximum atomic E-state index is 11.9. The Morgan fingerprint density at radius 3 is 2.33 bits per heavy atom. The second-order valence-electron chi connectivity index (χ2n) is 4.79. The lowest BCUT2D eigenvalue weighted by atomic mass is 10.2. The highest BCUT2D eigenvalue weighted by Gasteiger charge is 2.21. The molecule has 1 atom stereocenters. The highest BCUT2D eigenvalue weighted by molar-refractivity contribution is 5.95. The predicted octanol–water partition coefficient (Wildman–Crippen LogP) is 1.82. The molecule has 2 N–H and O–H groups in total. The zero-order valence-corrected chi connectivity index (χ0v) is 12.8. The number of ether oxygens (including phenoxy) is 1. The molecule has 0 heterocycles. The van der Waals surface area contributed by atoms with E-state index in [2.05, 4.69) is 10.9 Å². The molecule has 2 amide bonds. The van der Waals surface area contributed by atoms with Crippen molar-refractivity contribution in [2.45, 2.75) is 13.0 Å². The van der Waals surface area contributed by atoms with Crippen LogP contribution in [0.25, 0.3) is 0 Å². The summed E-state index contributed by atoms with van der Waals surface area (Å²) in [6.45, 7) is 1.42. The Bertz CT molecular complexity index is 748. The summed E-state index contributed by atoms with van der Waals surface area (Å²) in [6.07, 6.45) is -1.04. The van der Waals surface area contributed by atoms with Crippen molar-refractivity contribution >= 4 is 17.5 Å². The second kappa shape index (κ2) is 7.73. The van der Waals surface area contributed by atoms with Crippen LogP contribution in [0, 0.1) is 10.1 Å². The van der Waals surface area contributed by atoms with E-state index in [9.17, 15) is 19.7 Å². The van der Waals surface area contributed by atoms with Gasteiger partial charge >= 0.3 is 5.69 Å². The summed E-state index contributed by atoms with van der Waals surface area (Å²) in [7, 11) is 0. The first kappa shape index (κ1) is 16.9. The van der Waals surface area contributed by atoms with Crippen LogP contribution in [0.15, 0.2) is 54.6 Å². The van der Waals surface area contributed by atoms with Crippen molar-refractivity contribution in [2.24, 2.45) is 0 Å². The van der Waals surface area contributed by atoms with Crippen LogP contribution in [-0.2, 0) is 4.79 Å². The second-order valence-corrected chi connectivity index (χ2v) is 4.79. The van der Waals surface area contributed by atoms with E-state index in [1.54, 1.807) is 36.4 Å². The van der Waals surface area contributed by atoms with Gasteiger partial charge in [0.15, 0.2) is 11.9 Å². The molecule has 0 aliphatic heterocycles. The van der Waals surface area contributed by atoms with Gasteiger partial charge < -0.3 is 4.74 Å². The monoisotopic (exact) mass is 329 g/mol. The lowest BCUT2D eigenvalue weighted by molar-refractivity contribution is -0.386. The van der Waals surface area contributed by atoms with Crippen molar-refractivity contribution in [3.8, 4) is 5.75 Å². The third kappa shape index (κ3) is 4.29. The quantitative estimate of drug-likeness (QED) is 0.642. The SMILES string of the molecule is CC(Oc1ccccc1[N+](=O)[O-])C(=O)NNC(=O)c1ccccc1. The maximum absolute atomic E-state index is 11.9. The van der Waals surface area contributed by atoms with Gasteiger partial charge in [-0.2, -0.15) is 0 Å². The predicted molar refractivity (Wildman–Crippen MR) is 85.2 cm³/mol. The summed E-state index contributed by atoms with van der Waals surface area (Å²) in [4.78, 5) is 34.1. The minimum Gasteiger partial charge on any atom is -0.474 e. The van der Waals surface area contributed by atoms with Gasteiger partial charge in [-0.3, -0.25) is 30.6 Å². The van der Waals surface area contributed by atoms with Crippen LogP contribution < -0.4 is 15.6 Å². The van der Waals surface area contributed by atoms with Gasteiger partial charge in [0, 0.05) is 11.6 Å². The highest BCUT2D eigenvalue weighted by Crippen LogP contribution is 2.26. The van der Waals surface area contributed by atoms with E-state index < -0.39 is 22.8 Å². The molecule has 0 aliphatic rings. The molecular weight excluding hydrogens is 314 g/mol. The third-order valence-electron chi connectivity index (χ3n) is 3.07. The van der Waals surface area contributed by atoms with Gasteiger partial charge in [-0.1, -0.05) is 30.3 Å². The van der Waals surface area contributed by atoms with Crippen LogP contribution in [0.1, 0.15) is 17.3 Å². The Morgan fingerprint density at radius 2 is 1.67 bits per heavy atom. The largest absolute Gasteiger partial charge is 0.474 e. The molecular formula is C16H15N3O5. The average molecular weight is 329 g/mol. The highest BCUT2D eigenvalue weighted by atomic mass is 16.6. The smallest absolute Gasteiger partial charge is 0.310 e. The molecule has 0 radical (unpaired) electrons. The van der Waals surface area contributed by atoms with Gasteiger partial charge in [0.25, 0.3) is 11.8 Å². The van der Waals surface area contributed by atoms with E-state index in [0.717, 1.165) is 0 Å². The number of hydrazine groups is 1. The summed E-state index contributed by atoms with van der Waals surface area (Å²) in [6, 6.07) is 14.1. The van der Waals surface area contributed by atoms with Crippen LogP contribution in [-0.4, -0.2) is 22.8 Å². The van der Waals surface area contributed by atoms with Gasteiger partial charge in [0.2, 0.25) is 0 Å². The number of carbonyl (C=O) groups is 2. The van der Waals surface area contributed by atoms with Crippen LogP contribution in [0.4, 0.5) is 5.69 Å². The molecule has 0 saturated heterocycles. The number of amides is 2. The van der Waals surface area contributed by atoms with Gasteiger partial charge in [-0.05, 0) is 25.1 Å². The van der Waals surface area contributed by atoms with Gasteiger partial charge in [0.1, 0.15) is 0 Å². The number of rotatable bonds is 5. The number of benzene rings is 2. The Hall–Kier alpha value is -3.42. The number of nitro benzene ring substituents is 1. The Balaban J connectivity index is 1.93. The Morgan fingerprint density at radius 1 is 1.04 bits per heavy atom. The zero-order chi connectivity index (χ0) is 17.5. The molecule has 2 aromatic carbocycles. The van der Waals surface area contributed by atoms with E-state index in [0.29, 0.717) is 5.56 Å². The molecule has 0 saturated carbocycles. The number of nitrogens with zero attached hydrogens (tertiary/aromatic N) is 1. The van der Waals surface area contributed by atoms with E-state index in [-0.39, 0.29) is 11.4 Å². The molecule has 2 aromatic rings. The first-order valence-corrected chi connectivity index (χ1v) is 7.04. The minimum atomic E-state index is -1.04. The Labute approximate surface area is 137 Å². The maximum Gasteiger partial charge on any atom is 0.310 e. The van der Waals surface area contributed by atoms with E-state index in [1.165, 1.54) is 25.1 Å². The number of carbonyl (C=O) groups excluding carboxylic acids is 2. The van der Waals surface area contributed by atoms with Crippen molar-refractivity contribution < 1.29 is 19.2 Å². The fraction of sp³-hybridized carbons (Fsp3) is 0.125. The lowest BCUT2D eigenvalue weighted by Crippen LogP contribution is -2.47. The molecule has 8 nitrogen and oxygen atoms in total. The fourth-order valence-corrected chi connectivity index (χ4v) is 1.83. The number of hydrogen-bond donors (Lipinski definition) is 2. The topological polar surface area (TPSA) is 111 Å². The summed E-state index contributed by atoms with van der Waals surface area (Å²) in [5.74, 6) is -1.15. The van der Waals surface area contributed by atoms with E-state index >= 15 is 0 Å². The molecule has 0 spiro atoms. The molecule has 8 heteroatoms. The van der Waals surface area contributed by atoms with Gasteiger partial charge in [-0.15, -0.1) is 0 Å². The summed E-state index contributed by atoms with van der Waals surface area (Å²) in [5.41, 5.74) is 4.60. The molecule has 24 heavy (non-hydrogen) atoms. The van der Waals surface area contributed by atoms with Crippen molar-refractivity contribution in [1.82, 2.24) is 10.9 Å². The summed E-state index contributed by atoms with van der Waals surface area (Å²) < 4.78 is 5.30. The van der Waals surface area contributed by atoms with E-state index in [4.69, 9.17) is 4.74 Å². The summed E-state index contributed by atoms with van der Waals surface area (Å²) in [5, 5.41) is 10.9. The molecule has 1 unspecified atom stereocenters. The Kier molecular flexibility index (Phi) is 5.45. The third-order valence-corrected chi connectivity index (χ3v) is 3.07. The molecule has 124 valence electrons. The molecule has 0 bridgehead atoms. The first-order chi connectivity index (χ1) is 11.5. The van der Waals surface area contributed by atoms with Crippen molar-refractivity contribution in [2.75, 3.05) is 0 Å². The zero-order valence-electron chi connectivity index (χ0n) is 12.8. The van der Waals surface area contributed by atoms with Gasteiger partial charge in [-0.25, -0.2) is 0 Å². The number of nitro groups is 1. The summed E-state index contributed by atoms with van der Waals surface area (Å²) >= 11 is 0. The van der Waals surface area contributed by atoms with E-state index in [1.807, 2.05) is 0 Å². The molecule has 0 aromatic heterocycles. The normalized spacial score (nSPS) is 11.2. The molecule has 0 aliphatic carbocycles. The van der Waals surface area contributed by atoms with Crippen molar-refractivity contribution in [3.63, 3.8) is 0 Å².